The molecule has 0 spiro atoms. The highest BCUT2D eigenvalue weighted by molar-refractivity contribution is 7.80. The molecule has 80 valence electrons. The number of nitrogens with one attached hydrogen (secondary N) is 2. The summed E-state index contributed by atoms with van der Waals surface area (Å²) in [5.41, 5.74) is 0. The highest BCUT2D eigenvalue weighted by Gasteiger charge is 1.96. The molecule has 0 bridgehead atoms. The van der Waals surface area contributed by atoms with E-state index in [-0.39, 0.29) is 11.8 Å². The highest BCUT2D eigenvalue weighted by atomic mass is 32.1. The molecule has 0 aliphatic rings. The number of hydrogen-bond acceptors (Lipinski definition) is 4. The van der Waals surface area contributed by atoms with Crippen LogP contribution in [0, 0.1) is 0 Å². The molecule has 0 radical (unpaired) electrons. The van der Waals surface area contributed by atoms with E-state index in [2.05, 4.69) is 35.9 Å². The molecule has 0 aromatic rings. The van der Waals surface area contributed by atoms with Crippen molar-refractivity contribution < 1.29 is 9.59 Å². The minimum atomic E-state index is -0.292. The zero-order valence-corrected chi connectivity index (χ0v) is 9.48. The summed E-state index contributed by atoms with van der Waals surface area (Å²) in [5, 5.41) is 5.09. The second kappa shape index (κ2) is 8.96. The molecule has 4 nitrogen and oxygen atoms in total. The molecular formula is C8H14N2O2S2. The number of hydrogen-bond donors (Lipinski definition) is 4. The fourth-order valence-corrected chi connectivity index (χ4v) is 0.851. The summed E-state index contributed by atoms with van der Waals surface area (Å²) in [7, 11) is 0. The van der Waals surface area contributed by atoms with Crippen LogP contribution in [0.3, 0.4) is 0 Å². The lowest BCUT2D eigenvalue weighted by molar-refractivity contribution is -0.118. The molecule has 0 rings (SSSR count). The Kier molecular flexibility index (Phi) is 8.56. The Morgan fingerprint density at radius 3 is 1.57 bits per heavy atom. The van der Waals surface area contributed by atoms with Gasteiger partial charge in [-0.05, 0) is 0 Å². The van der Waals surface area contributed by atoms with Crippen molar-refractivity contribution in [3.05, 3.63) is 12.2 Å². The quantitative estimate of drug-likeness (QED) is 0.374. The van der Waals surface area contributed by atoms with E-state index in [4.69, 9.17) is 0 Å². The Labute approximate surface area is 94.3 Å². The van der Waals surface area contributed by atoms with E-state index < -0.39 is 0 Å². The summed E-state index contributed by atoms with van der Waals surface area (Å²) in [6, 6.07) is 0. The van der Waals surface area contributed by atoms with Crippen molar-refractivity contribution in [2.45, 2.75) is 0 Å². The summed E-state index contributed by atoms with van der Waals surface area (Å²) in [5.74, 6) is 0.566. The van der Waals surface area contributed by atoms with E-state index in [0.29, 0.717) is 24.6 Å². The van der Waals surface area contributed by atoms with Crippen LogP contribution in [-0.2, 0) is 9.59 Å². The maximum Gasteiger partial charge on any atom is 0.244 e. The zero-order chi connectivity index (χ0) is 10.8. The van der Waals surface area contributed by atoms with Crippen LogP contribution in [0.4, 0.5) is 0 Å². The minimum Gasteiger partial charge on any atom is -0.352 e. The smallest absolute Gasteiger partial charge is 0.244 e. The van der Waals surface area contributed by atoms with Gasteiger partial charge in [0.15, 0.2) is 0 Å². The fraction of sp³-hybridized carbons (Fsp3) is 0.500. The Morgan fingerprint density at radius 2 is 1.29 bits per heavy atom. The third-order valence-corrected chi connectivity index (χ3v) is 1.66. The van der Waals surface area contributed by atoms with E-state index in [1.165, 1.54) is 12.2 Å². The summed E-state index contributed by atoms with van der Waals surface area (Å²) in [6.07, 6.45) is 2.38. The van der Waals surface area contributed by atoms with Crippen molar-refractivity contribution in [2.75, 3.05) is 24.6 Å². The molecule has 6 heteroatoms. The topological polar surface area (TPSA) is 58.2 Å². The molecule has 0 aliphatic carbocycles. The van der Waals surface area contributed by atoms with E-state index in [0.717, 1.165) is 0 Å². The van der Waals surface area contributed by atoms with Gasteiger partial charge in [0.2, 0.25) is 11.8 Å². The predicted octanol–water partition coefficient (Wildman–Crippen LogP) is -0.365. The van der Waals surface area contributed by atoms with Crippen LogP contribution in [0.15, 0.2) is 12.2 Å². The summed E-state index contributed by atoms with van der Waals surface area (Å²) in [4.78, 5) is 21.9. The lowest BCUT2D eigenvalue weighted by Gasteiger charge is -1.98. The second-order valence-electron chi connectivity index (χ2n) is 2.36. The molecule has 0 aliphatic heterocycles. The van der Waals surface area contributed by atoms with Crippen molar-refractivity contribution in [1.29, 1.82) is 0 Å². The van der Waals surface area contributed by atoms with Gasteiger partial charge >= 0.3 is 0 Å². The SMILES string of the molecule is O=C(C=CC(=O)NCCS)NCCS. The molecule has 0 saturated heterocycles. The zero-order valence-electron chi connectivity index (χ0n) is 7.69. The minimum absolute atomic E-state index is 0.292. The van der Waals surface area contributed by atoms with Gasteiger partial charge in [0, 0.05) is 36.7 Å². The first-order valence-electron chi connectivity index (χ1n) is 4.16. The van der Waals surface area contributed by atoms with Crippen LogP contribution in [-0.4, -0.2) is 36.4 Å². The highest BCUT2D eigenvalue weighted by Crippen LogP contribution is 1.77. The standard InChI is InChI=1S/C8H14N2O2S2/c11-7(9-3-5-13)1-2-8(12)10-4-6-14/h1-2,13-14H,3-6H2,(H,9,11)(H,10,12). The van der Waals surface area contributed by atoms with Gasteiger partial charge in [-0.15, -0.1) is 0 Å². The number of thiol groups is 2. The van der Waals surface area contributed by atoms with Crippen molar-refractivity contribution in [3.63, 3.8) is 0 Å². The largest absolute Gasteiger partial charge is 0.352 e. The van der Waals surface area contributed by atoms with E-state index >= 15 is 0 Å². The van der Waals surface area contributed by atoms with E-state index in [1.54, 1.807) is 0 Å². The van der Waals surface area contributed by atoms with Crippen molar-refractivity contribution in [3.8, 4) is 0 Å². The molecule has 0 atom stereocenters. The lowest BCUT2D eigenvalue weighted by Crippen LogP contribution is -2.26. The van der Waals surface area contributed by atoms with Gasteiger partial charge in [-0.1, -0.05) is 0 Å². The molecular weight excluding hydrogens is 220 g/mol. The molecule has 0 saturated carbocycles. The summed E-state index contributed by atoms with van der Waals surface area (Å²) < 4.78 is 0. The van der Waals surface area contributed by atoms with Gasteiger partial charge in [0.05, 0.1) is 0 Å². The Balaban J connectivity index is 3.68. The first kappa shape index (κ1) is 13.4. The van der Waals surface area contributed by atoms with Gasteiger partial charge in [-0.3, -0.25) is 9.59 Å². The maximum absolute atomic E-state index is 11.0. The Bertz CT molecular complexity index is 197. The molecule has 2 amide bonds. The van der Waals surface area contributed by atoms with E-state index in [1.807, 2.05) is 0 Å². The number of carbonyl (C=O) groups excluding carboxylic acids is 2. The van der Waals surface area contributed by atoms with Crippen LogP contribution in [0.25, 0.3) is 0 Å². The summed E-state index contributed by atoms with van der Waals surface area (Å²) >= 11 is 7.85. The molecule has 0 aromatic carbocycles. The molecule has 0 heterocycles. The van der Waals surface area contributed by atoms with Gasteiger partial charge in [0.1, 0.15) is 0 Å². The van der Waals surface area contributed by atoms with Crippen molar-refractivity contribution >= 4 is 37.1 Å². The molecule has 0 unspecified atom stereocenters. The van der Waals surface area contributed by atoms with Crippen LogP contribution >= 0.6 is 25.3 Å². The first-order chi connectivity index (χ1) is 6.70. The van der Waals surface area contributed by atoms with Gasteiger partial charge in [-0.25, -0.2) is 0 Å². The van der Waals surface area contributed by atoms with Crippen molar-refractivity contribution in [1.82, 2.24) is 10.6 Å². The first-order valence-corrected chi connectivity index (χ1v) is 5.42. The average molecular weight is 234 g/mol. The molecule has 0 fully saturated rings. The van der Waals surface area contributed by atoms with Crippen LogP contribution < -0.4 is 10.6 Å². The fourth-order valence-electron chi connectivity index (χ4n) is 0.627. The molecule has 2 N–H and O–H groups in total. The van der Waals surface area contributed by atoms with Crippen molar-refractivity contribution in [2.24, 2.45) is 0 Å². The lowest BCUT2D eigenvalue weighted by atomic mass is 10.4. The monoisotopic (exact) mass is 234 g/mol. The normalized spacial score (nSPS) is 10.1. The average Bonchev–Trinajstić information content (AvgIpc) is 2.20. The van der Waals surface area contributed by atoms with Gasteiger partial charge in [0.25, 0.3) is 0 Å². The number of carbonyl (C=O) groups is 2. The Hall–Kier alpha value is -0.620. The molecule has 14 heavy (non-hydrogen) atoms. The predicted molar refractivity (Wildman–Crippen MR) is 62.9 cm³/mol. The van der Waals surface area contributed by atoms with Crippen LogP contribution in [0.2, 0.25) is 0 Å². The number of amides is 2. The maximum atomic E-state index is 11.0. The molecule has 0 aromatic heterocycles. The Morgan fingerprint density at radius 1 is 0.929 bits per heavy atom. The third kappa shape index (κ3) is 8.00. The number of rotatable bonds is 6. The van der Waals surface area contributed by atoms with E-state index in [9.17, 15) is 9.59 Å². The summed E-state index contributed by atoms with van der Waals surface area (Å²) in [6.45, 7) is 0.981. The van der Waals surface area contributed by atoms with Crippen LogP contribution in [0.1, 0.15) is 0 Å². The third-order valence-electron chi connectivity index (χ3n) is 1.21. The van der Waals surface area contributed by atoms with Crippen LogP contribution in [0.5, 0.6) is 0 Å². The second-order valence-corrected chi connectivity index (χ2v) is 3.26. The van der Waals surface area contributed by atoms with Gasteiger partial charge < -0.3 is 10.6 Å². The van der Waals surface area contributed by atoms with Gasteiger partial charge in [-0.2, -0.15) is 25.3 Å².